The van der Waals surface area contributed by atoms with Gasteiger partial charge in [0.25, 0.3) is 5.91 Å². The fraction of sp³-hybridized carbons (Fsp3) is 0.619. The summed E-state index contributed by atoms with van der Waals surface area (Å²) in [6, 6.07) is 3.05. The molecule has 1 heterocycles. The number of unbranched alkanes of at least 4 members (excludes halogenated alkanes) is 2. The Balaban J connectivity index is 1.87. The number of amides is 2. The molecule has 1 atom stereocenters. The smallest absolute Gasteiger partial charge is 0.253 e. The van der Waals surface area contributed by atoms with Gasteiger partial charge in [0.1, 0.15) is 11.8 Å². The van der Waals surface area contributed by atoms with Gasteiger partial charge in [-0.1, -0.05) is 32.6 Å². The summed E-state index contributed by atoms with van der Waals surface area (Å²) in [6.07, 6.45) is 11.7. The van der Waals surface area contributed by atoms with E-state index in [0.29, 0.717) is 24.8 Å². The van der Waals surface area contributed by atoms with E-state index in [9.17, 15) is 14.4 Å². The zero-order chi connectivity index (χ0) is 19.5. The van der Waals surface area contributed by atoms with E-state index in [4.69, 9.17) is 0 Å². The molecule has 0 unspecified atom stereocenters. The Kier molecular flexibility index (Phi) is 8.95. The topological polar surface area (TPSA) is 88.2 Å². The normalized spacial score (nSPS) is 15.3. The van der Waals surface area contributed by atoms with Crippen molar-refractivity contribution >= 4 is 17.6 Å². The number of hydrogen-bond acceptors (Lipinski definition) is 4. The largest absolute Gasteiger partial charge is 0.352 e. The predicted molar refractivity (Wildman–Crippen MR) is 104 cm³/mol. The van der Waals surface area contributed by atoms with Crippen LogP contribution in [0, 0.1) is 0 Å². The average molecular weight is 373 g/mol. The van der Waals surface area contributed by atoms with Gasteiger partial charge >= 0.3 is 0 Å². The fourth-order valence-electron chi connectivity index (χ4n) is 3.40. The number of carbonyl (C=O) groups excluding carboxylic acids is 3. The van der Waals surface area contributed by atoms with Crippen molar-refractivity contribution in [2.24, 2.45) is 0 Å². The van der Waals surface area contributed by atoms with Gasteiger partial charge in [-0.25, -0.2) is 0 Å². The van der Waals surface area contributed by atoms with Crippen LogP contribution in [-0.4, -0.2) is 34.7 Å². The highest BCUT2D eigenvalue weighted by atomic mass is 16.2. The highest BCUT2D eigenvalue weighted by molar-refractivity contribution is 5.97. The third kappa shape index (κ3) is 7.49. The number of carbonyl (C=O) groups is 3. The molecule has 1 aliphatic carbocycles. The standard InChI is InChI=1S/C21H31N3O3/c1-2-18(25)12-4-3-5-13-19(21(27)23-17-10-6-7-11-17)24-20(26)16-9-8-14-22-15-16/h8-9,14-15,17,19H,2-7,10-13H2,1H3,(H,23,27)(H,24,26)/t19-/m0/s1. The molecule has 1 saturated carbocycles. The Labute approximate surface area is 161 Å². The highest BCUT2D eigenvalue weighted by Gasteiger charge is 2.25. The Bertz CT molecular complexity index is 612. The lowest BCUT2D eigenvalue weighted by molar-refractivity contribution is -0.124. The third-order valence-electron chi connectivity index (χ3n) is 5.09. The summed E-state index contributed by atoms with van der Waals surface area (Å²) in [4.78, 5) is 40.5. The molecule has 0 aromatic carbocycles. The molecule has 2 amide bonds. The molecule has 1 fully saturated rings. The van der Waals surface area contributed by atoms with E-state index >= 15 is 0 Å². The van der Waals surface area contributed by atoms with E-state index < -0.39 is 6.04 Å². The average Bonchev–Trinajstić information content (AvgIpc) is 3.20. The maximum absolute atomic E-state index is 12.7. The molecular formula is C21H31N3O3. The second kappa shape index (κ2) is 11.5. The van der Waals surface area contributed by atoms with Crippen molar-refractivity contribution in [2.75, 3.05) is 0 Å². The Morgan fingerprint density at radius 1 is 1.19 bits per heavy atom. The number of hydrogen-bond donors (Lipinski definition) is 2. The summed E-state index contributed by atoms with van der Waals surface area (Å²) in [5.74, 6) is -0.116. The fourth-order valence-corrected chi connectivity index (χ4v) is 3.40. The molecule has 2 N–H and O–H groups in total. The Morgan fingerprint density at radius 2 is 1.96 bits per heavy atom. The molecule has 2 rings (SSSR count). The van der Waals surface area contributed by atoms with Gasteiger partial charge in [-0.15, -0.1) is 0 Å². The second-order valence-electron chi connectivity index (χ2n) is 7.25. The molecule has 0 saturated heterocycles. The van der Waals surface area contributed by atoms with E-state index in [1.807, 2.05) is 6.92 Å². The SMILES string of the molecule is CCC(=O)CCCCC[C@H](NC(=O)c1cccnc1)C(=O)NC1CCCC1. The molecule has 0 bridgehead atoms. The van der Waals surface area contributed by atoms with E-state index in [1.54, 1.807) is 18.3 Å². The summed E-state index contributed by atoms with van der Waals surface area (Å²) in [5.41, 5.74) is 0.449. The minimum absolute atomic E-state index is 0.108. The molecular weight excluding hydrogens is 342 g/mol. The number of pyridine rings is 1. The molecule has 0 spiro atoms. The van der Waals surface area contributed by atoms with E-state index in [-0.39, 0.29) is 23.6 Å². The second-order valence-corrected chi connectivity index (χ2v) is 7.25. The molecule has 27 heavy (non-hydrogen) atoms. The Morgan fingerprint density at radius 3 is 2.63 bits per heavy atom. The summed E-state index contributed by atoms with van der Waals surface area (Å²) >= 11 is 0. The summed E-state index contributed by atoms with van der Waals surface area (Å²) in [7, 11) is 0. The van der Waals surface area contributed by atoms with Crippen molar-refractivity contribution in [3.63, 3.8) is 0 Å². The Hall–Kier alpha value is -2.24. The van der Waals surface area contributed by atoms with Crippen molar-refractivity contribution in [1.82, 2.24) is 15.6 Å². The lowest BCUT2D eigenvalue weighted by Gasteiger charge is -2.21. The van der Waals surface area contributed by atoms with Crippen LogP contribution in [-0.2, 0) is 9.59 Å². The minimum Gasteiger partial charge on any atom is -0.352 e. The highest BCUT2D eigenvalue weighted by Crippen LogP contribution is 2.18. The molecule has 1 aromatic rings. The van der Waals surface area contributed by atoms with Crippen LogP contribution in [0.2, 0.25) is 0 Å². The number of Topliss-reactive ketones (excluding diaryl/α,β-unsaturated/α-hetero) is 1. The first kappa shape index (κ1) is 21.1. The van der Waals surface area contributed by atoms with Gasteiger partial charge in [0.15, 0.2) is 0 Å². The van der Waals surface area contributed by atoms with E-state index in [2.05, 4.69) is 15.6 Å². The molecule has 6 heteroatoms. The molecule has 148 valence electrons. The van der Waals surface area contributed by atoms with E-state index in [1.165, 1.54) is 6.20 Å². The first-order valence-electron chi connectivity index (χ1n) is 10.1. The number of nitrogens with one attached hydrogen (secondary N) is 2. The first-order valence-corrected chi connectivity index (χ1v) is 10.1. The van der Waals surface area contributed by atoms with Crippen LogP contribution in [0.25, 0.3) is 0 Å². The number of aromatic nitrogens is 1. The minimum atomic E-state index is -0.555. The molecule has 1 aromatic heterocycles. The summed E-state index contributed by atoms with van der Waals surface area (Å²) in [5, 5.41) is 5.94. The van der Waals surface area contributed by atoms with Crippen LogP contribution in [0.4, 0.5) is 0 Å². The van der Waals surface area contributed by atoms with Gasteiger partial charge in [-0.2, -0.15) is 0 Å². The zero-order valence-electron chi connectivity index (χ0n) is 16.2. The lowest BCUT2D eigenvalue weighted by atomic mass is 10.0. The van der Waals surface area contributed by atoms with Gasteiger partial charge in [-0.3, -0.25) is 19.4 Å². The zero-order valence-corrected chi connectivity index (χ0v) is 16.2. The van der Waals surface area contributed by atoms with Crippen LogP contribution < -0.4 is 10.6 Å². The number of ketones is 1. The van der Waals surface area contributed by atoms with E-state index in [0.717, 1.165) is 44.9 Å². The van der Waals surface area contributed by atoms with Crippen LogP contribution in [0.15, 0.2) is 24.5 Å². The van der Waals surface area contributed by atoms with Crippen molar-refractivity contribution in [3.05, 3.63) is 30.1 Å². The maximum atomic E-state index is 12.7. The van der Waals surface area contributed by atoms with Gasteiger partial charge in [0.05, 0.1) is 5.56 Å². The quantitative estimate of drug-likeness (QED) is 0.583. The van der Waals surface area contributed by atoms with Crippen molar-refractivity contribution in [1.29, 1.82) is 0 Å². The van der Waals surface area contributed by atoms with Gasteiger partial charge in [-0.05, 0) is 37.8 Å². The van der Waals surface area contributed by atoms with Crippen LogP contribution >= 0.6 is 0 Å². The first-order chi connectivity index (χ1) is 13.1. The number of nitrogens with zero attached hydrogens (tertiary/aromatic N) is 1. The monoisotopic (exact) mass is 373 g/mol. The van der Waals surface area contributed by atoms with Crippen molar-refractivity contribution in [3.8, 4) is 0 Å². The summed E-state index contributed by atoms with van der Waals surface area (Å²) < 4.78 is 0. The number of rotatable bonds is 11. The molecule has 0 aliphatic heterocycles. The van der Waals surface area contributed by atoms with Crippen LogP contribution in [0.1, 0.15) is 81.5 Å². The lowest BCUT2D eigenvalue weighted by Crippen LogP contribution is -2.49. The van der Waals surface area contributed by atoms with Crippen molar-refractivity contribution < 1.29 is 14.4 Å². The predicted octanol–water partition coefficient (Wildman–Crippen LogP) is 3.17. The van der Waals surface area contributed by atoms with Crippen LogP contribution in [0.3, 0.4) is 0 Å². The molecule has 6 nitrogen and oxygen atoms in total. The van der Waals surface area contributed by atoms with Gasteiger partial charge in [0.2, 0.25) is 5.91 Å². The van der Waals surface area contributed by atoms with Gasteiger partial charge in [0, 0.05) is 31.3 Å². The van der Waals surface area contributed by atoms with Crippen molar-refractivity contribution in [2.45, 2.75) is 83.2 Å². The molecule has 0 radical (unpaired) electrons. The van der Waals surface area contributed by atoms with Gasteiger partial charge < -0.3 is 10.6 Å². The van der Waals surface area contributed by atoms with Crippen LogP contribution in [0.5, 0.6) is 0 Å². The summed E-state index contributed by atoms with van der Waals surface area (Å²) in [6.45, 7) is 1.87. The molecule has 1 aliphatic rings. The third-order valence-corrected chi connectivity index (χ3v) is 5.09. The maximum Gasteiger partial charge on any atom is 0.253 e.